The molecule has 0 aliphatic heterocycles. The molecule has 4 aromatic heterocycles. The van der Waals surface area contributed by atoms with Crippen LogP contribution in [-0.2, 0) is 0 Å². The normalized spacial score (nSPS) is 12.0. The predicted molar refractivity (Wildman–Crippen MR) is 364 cm³/mol. The Hall–Kier alpha value is -11.5. The molecule has 0 aliphatic rings. The van der Waals surface area contributed by atoms with Gasteiger partial charge in [0.15, 0.2) is 0 Å². The minimum atomic E-state index is 1.13. The molecule has 18 rings (SSSR count). The summed E-state index contributed by atoms with van der Waals surface area (Å²) in [5.41, 5.74) is 26.0. The Morgan fingerprint density at radius 2 is 0.512 bits per heavy atom. The Morgan fingerprint density at radius 3 is 1.01 bits per heavy atom. The van der Waals surface area contributed by atoms with Gasteiger partial charge in [0, 0.05) is 76.5 Å². The highest BCUT2D eigenvalue weighted by Crippen LogP contribution is 2.42. The Morgan fingerprint density at radius 1 is 0.186 bits per heavy atom. The van der Waals surface area contributed by atoms with Crippen molar-refractivity contribution in [3.8, 4) is 78.1 Å². The van der Waals surface area contributed by atoms with Crippen molar-refractivity contribution in [3.63, 3.8) is 0 Å². The first-order valence-corrected chi connectivity index (χ1v) is 29.6. The largest absolute Gasteiger partial charge is 0.355 e. The van der Waals surface area contributed by atoms with Gasteiger partial charge in [-0.2, -0.15) is 0 Å². The van der Waals surface area contributed by atoms with Gasteiger partial charge in [0.1, 0.15) is 0 Å². The minimum absolute atomic E-state index is 1.13. The van der Waals surface area contributed by atoms with Crippen molar-refractivity contribution in [1.29, 1.82) is 0 Å². The fraction of sp³-hybridized carbons (Fsp3) is 0. The molecule has 400 valence electrons. The van der Waals surface area contributed by atoms with Crippen LogP contribution >= 0.6 is 0 Å². The molecule has 4 heteroatoms. The van der Waals surface area contributed by atoms with E-state index in [0.717, 1.165) is 33.4 Å². The number of aromatic nitrogens is 4. The molecule has 2 N–H and O–H groups in total. The first-order valence-electron chi connectivity index (χ1n) is 29.6. The van der Waals surface area contributed by atoms with Gasteiger partial charge in [-0.1, -0.05) is 188 Å². The molecule has 0 spiro atoms. The van der Waals surface area contributed by atoms with E-state index in [1.54, 1.807) is 0 Å². The smallest absolute Gasteiger partial charge is 0.0541 e. The Labute approximate surface area is 495 Å². The summed E-state index contributed by atoms with van der Waals surface area (Å²) in [6, 6.07) is 112. The van der Waals surface area contributed by atoms with Gasteiger partial charge in [-0.3, -0.25) is 0 Å². The number of para-hydroxylation sites is 3. The van der Waals surface area contributed by atoms with Crippen molar-refractivity contribution >= 4 is 98.0 Å². The van der Waals surface area contributed by atoms with Crippen LogP contribution in [0.1, 0.15) is 0 Å². The van der Waals surface area contributed by atoms with Crippen LogP contribution in [0.25, 0.3) is 176 Å². The van der Waals surface area contributed by atoms with E-state index < -0.39 is 0 Å². The van der Waals surface area contributed by atoms with Crippen LogP contribution in [0.5, 0.6) is 0 Å². The van der Waals surface area contributed by atoms with Crippen molar-refractivity contribution < 1.29 is 0 Å². The van der Waals surface area contributed by atoms with Crippen molar-refractivity contribution in [3.05, 3.63) is 303 Å². The van der Waals surface area contributed by atoms with E-state index in [1.807, 2.05) is 0 Å². The van der Waals surface area contributed by atoms with Crippen molar-refractivity contribution in [2.24, 2.45) is 0 Å². The molecule has 14 aromatic carbocycles. The number of rotatable bonds is 8. The molecule has 4 nitrogen and oxygen atoms in total. The van der Waals surface area contributed by atoms with Crippen LogP contribution in [0.4, 0.5) is 0 Å². The number of hydrogen-bond donors (Lipinski definition) is 2. The first-order chi connectivity index (χ1) is 42.6. The Balaban J connectivity index is 0.669. The van der Waals surface area contributed by atoms with Crippen LogP contribution in [0.15, 0.2) is 303 Å². The molecule has 4 heterocycles. The average Bonchev–Trinajstić information content (AvgIpc) is 2.36. The molecule has 0 fully saturated rings. The lowest BCUT2D eigenvalue weighted by atomic mass is 9.92. The third-order valence-electron chi connectivity index (χ3n) is 18.2. The summed E-state index contributed by atoms with van der Waals surface area (Å²) in [5, 5.41) is 12.3. The number of aromatic amines is 2. The lowest BCUT2D eigenvalue weighted by Gasteiger charge is -2.13. The van der Waals surface area contributed by atoms with Gasteiger partial charge in [0.25, 0.3) is 0 Å². The summed E-state index contributed by atoms with van der Waals surface area (Å²) in [5.74, 6) is 0. The maximum atomic E-state index is 3.74. The summed E-state index contributed by atoms with van der Waals surface area (Å²) in [7, 11) is 0. The van der Waals surface area contributed by atoms with Gasteiger partial charge >= 0.3 is 0 Å². The van der Waals surface area contributed by atoms with E-state index in [1.165, 1.54) is 143 Å². The lowest BCUT2D eigenvalue weighted by molar-refractivity contribution is 1.18. The van der Waals surface area contributed by atoms with Gasteiger partial charge < -0.3 is 19.1 Å². The molecule has 86 heavy (non-hydrogen) atoms. The van der Waals surface area contributed by atoms with E-state index in [9.17, 15) is 0 Å². The van der Waals surface area contributed by atoms with Gasteiger partial charge in [-0.25, -0.2) is 0 Å². The molecule has 0 unspecified atom stereocenters. The molecule has 0 saturated heterocycles. The number of H-pyrrole nitrogens is 2. The van der Waals surface area contributed by atoms with Crippen molar-refractivity contribution in [1.82, 2.24) is 19.1 Å². The second-order valence-corrected chi connectivity index (χ2v) is 23.0. The van der Waals surface area contributed by atoms with E-state index in [-0.39, 0.29) is 0 Å². The third kappa shape index (κ3) is 7.70. The zero-order chi connectivity index (χ0) is 56.4. The van der Waals surface area contributed by atoms with Crippen molar-refractivity contribution in [2.75, 3.05) is 0 Å². The fourth-order valence-corrected chi connectivity index (χ4v) is 13.9. The van der Waals surface area contributed by atoms with E-state index >= 15 is 0 Å². The highest BCUT2D eigenvalue weighted by Gasteiger charge is 2.18. The summed E-state index contributed by atoms with van der Waals surface area (Å²) in [4.78, 5) is 7.42. The molecule has 0 aliphatic carbocycles. The summed E-state index contributed by atoms with van der Waals surface area (Å²) in [6.07, 6.45) is 0. The third-order valence-corrected chi connectivity index (χ3v) is 18.2. The summed E-state index contributed by atoms with van der Waals surface area (Å²) < 4.78 is 4.80. The molecule has 0 amide bonds. The Kier molecular flexibility index (Phi) is 10.7. The minimum Gasteiger partial charge on any atom is -0.355 e. The van der Waals surface area contributed by atoms with Crippen LogP contribution in [0, 0.1) is 0 Å². The topological polar surface area (TPSA) is 41.4 Å². The maximum absolute atomic E-state index is 3.74. The molecule has 0 bridgehead atoms. The predicted octanol–water partition coefficient (Wildman–Crippen LogP) is 22.3. The summed E-state index contributed by atoms with van der Waals surface area (Å²) in [6.45, 7) is 0. The van der Waals surface area contributed by atoms with Crippen LogP contribution in [-0.4, -0.2) is 19.1 Å². The zero-order valence-electron chi connectivity index (χ0n) is 46.8. The van der Waals surface area contributed by atoms with Gasteiger partial charge in [-0.05, 0) is 193 Å². The number of fused-ring (bicyclic) bond motifs is 13. The summed E-state index contributed by atoms with van der Waals surface area (Å²) >= 11 is 0. The van der Waals surface area contributed by atoms with Gasteiger partial charge in [-0.15, -0.1) is 0 Å². The second-order valence-electron chi connectivity index (χ2n) is 23.0. The highest BCUT2D eigenvalue weighted by atomic mass is 15.0. The molecular weight excluding hydrogens is 1040 g/mol. The standard InChI is InChI=1S/C82H52N4/c1-2-12-51(13-3-1)52-22-24-53(25-23-52)56-30-39-75-70(45-56)71-46-57(31-40-76(71)83-75)55-28-37-64(38-29-55)86-81-21-11-8-18-68(81)74-48-59(34-43-82(74)86)62-44-60-14-4-5-15-65(60)69(50-62)61-33-42-78-73(49-61)72-47-58(32-41-77(72)84-78)54-26-35-63(36-27-54)85-79-19-9-6-16-66(79)67-17-7-10-20-80(67)85/h1-50,83-84H. The quantitative estimate of drug-likeness (QED) is 0.152. The fourth-order valence-electron chi connectivity index (χ4n) is 13.9. The van der Waals surface area contributed by atoms with Gasteiger partial charge in [0.05, 0.1) is 22.1 Å². The first kappa shape index (κ1) is 48.1. The number of nitrogens with one attached hydrogen (secondary N) is 2. The molecule has 0 saturated carbocycles. The second kappa shape index (κ2) is 19.0. The monoisotopic (exact) mass is 1090 g/mol. The number of benzene rings is 14. The van der Waals surface area contributed by atoms with Crippen LogP contribution in [0.2, 0.25) is 0 Å². The maximum Gasteiger partial charge on any atom is 0.0541 e. The molecule has 0 radical (unpaired) electrons. The highest BCUT2D eigenvalue weighted by molar-refractivity contribution is 6.14. The zero-order valence-corrected chi connectivity index (χ0v) is 46.8. The van der Waals surface area contributed by atoms with E-state index in [4.69, 9.17) is 0 Å². The number of nitrogens with zero attached hydrogens (tertiary/aromatic N) is 2. The SMILES string of the molecule is c1ccc(-c2ccc(-c3ccc4[nH]c5ccc(-c6ccc(-n7c8ccccc8c8cc(-c9cc(-c%10ccc%11[nH]c%12ccc(-c%13ccc(-n%14c%15ccccc%15c%15ccccc%15%14)cc%13)cc%12c%11c%10)c%10ccccc%10c9)ccc87)cc6)cc5c4c3)cc2)cc1. The average molecular weight is 1090 g/mol. The molecular formula is C82H52N4. The van der Waals surface area contributed by atoms with Crippen molar-refractivity contribution in [2.45, 2.75) is 0 Å². The van der Waals surface area contributed by atoms with E-state index in [2.05, 4.69) is 322 Å². The van der Waals surface area contributed by atoms with Crippen LogP contribution < -0.4 is 0 Å². The van der Waals surface area contributed by atoms with Crippen LogP contribution in [0.3, 0.4) is 0 Å². The van der Waals surface area contributed by atoms with E-state index in [0.29, 0.717) is 0 Å². The Bertz CT molecular complexity index is 5680. The molecule has 18 aromatic rings. The lowest BCUT2D eigenvalue weighted by Crippen LogP contribution is -1.93. The molecule has 0 atom stereocenters. The number of hydrogen-bond acceptors (Lipinski definition) is 0. The van der Waals surface area contributed by atoms with Gasteiger partial charge in [0.2, 0.25) is 0 Å².